The fourth-order valence-corrected chi connectivity index (χ4v) is 6.70. The summed E-state index contributed by atoms with van der Waals surface area (Å²) in [5.74, 6) is -1.64. The Bertz CT molecular complexity index is 775. The van der Waals surface area contributed by atoms with Crippen molar-refractivity contribution in [3.63, 3.8) is 0 Å². The number of fused-ring (bicyclic) bond motifs is 1. The monoisotopic (exact) mass is 372 g/mol. The van der Waals surface area contributed by atoms with Crippen LogP contribution in [0.15, 0.2) is 18.2 Å². The summed E-state index contributed by atoms with van der Waals surface area (Å²) in [5.41, 5.74) is 0.101. The van der Waals surface area contributed by atoms with E-state index in [-0.39, 0.29) is 16.4 Å². The van der Waals surface area contributed by atoms with E-state index in [1.807, 2.05) is 14.1 Å². The van der Waals surface area contributed by atoms with Crippen LogP contribution in [0.4, 0.5) is 8.78 Å². The lowest BCUT2D eigenvalue weighted by molar-refractivity contribution is -0.0789. The highest BCUT2D eigenvalue weighted by molar-refractivity contribution is 7.88. The summed E-state index contributed by atoms with van der Waals surface area (Å²) in [4.78, 5) is 2.11. The maximum atomic E-state index is 13.9. The molecule has 140 valence electrons. The van der Waals surface area contributed by atoms with E-state index in [4.69, 9.17) is 0 Å². The van der Waals surface area contributed by atoms with Crippen LogP contribution in [0.3, 0.4) is 0 Å². The zero-order valence-electron chi connectivity index (χ0n) is 15.2. The Kier molecular flexibility index (Phi) is 4.49. The SMILES string of the molecule is CN(C)C[C@@]12CN(S(=O)(=O)Cc3ccc(F)cc3F)C[C@@H]1C(C)(C)C2. The number of halogens is 2. The average Bonchev–Trinajstić information content (AvgIpc) is 2.76. The number of sulfonamides is 1. The van der Waals surface area contributed by atoms with Crippen molar-refractivity contribution >= 4 is 10.0 Å². The summed E-state index contributed by atoms with van der Waals surface area (Å²) >= 11 is 0. The fraction of sp³-hybridized carbons (Fsp3) is 0.667. The molecule has 1 saturated heterocycles. The highest BCUT2D eigenvalue weighted by Crippen LogP contribution is 2.63. The van der Waals surface area contributed by atoms with E-state index in [1.54, 1.807) is 0 Å². The van der Waals surface area contributed by atoms with Gasteiger partial charge in [-0.2, -0.15) is 0 Å². The molecule has 0 unspecified atom stereocenters. The Balaban J connectivity index is 1.82. The molecule has 1 aliphatic heterocycles. The zero-order valence-corrected chi connectivity index (χ0v) is 16.0. The van der Waals surface area contributed by atoms with Crippen LogP contribution >= 0.6 is 0 Å². The smallest absolute Gasteiger partial charge is 0.218 e. The summed E-state index contributed by atoms with van der Waals surface area (Å²) in [6.45, 7) is 6.16. The lowest BCUT2D eigenvalue weighted by Gasteiger charge is -2.57. The van der Waals surface area contributed by atoms with Gasteiger partial charge in [0, 0.05) is 36.7 Å². The molecule has 0 bridgehead atoms. The van der Waals surface area contributed by atoms with Crippen molar-refractivity contribution in [1.29, 1.82) is 0 Å². The first-order valence-electron chi connectivity index (χ1n) is 8.52. The molecule has 4 nitrogen and oxygen atoms in total. The molecule has 25 heavy (non-hydrogen) atoms. The van der Waals surface area contributed by atoms with Gasteiger partial charge in [0.05, 0.1) is 5.75 Å². The predicted molar refractivity (Wildman–Crippen MR) is 93.4 cm³/mol. The number of hydrogen-bond donors (Lipinski definition) is 0. The second kappa shape index (κ2) is 5.99. The van der Waals surface area contributed by atoms with Gasteiger partial charge >= 0.3 is 0 Å². The van der Waals surface area contributed by atoms with Crippen molar-refractivity contribution in [3.05, 3.63) is 35.4 Å². The fourth-order valence-electron chi connectivity index (χ4n) is 5.06. The molecule has 1 saturated carbocycles. The van der Waals surface area contributed by atoms with Crippen molar-refractivity contribution in [3.8, 4) is 0 Å². The minimum Gasteiger partial charge on any atom is -0.309 e. The molecule has 2 aliphatic rings. The summed E-state index contributed by atoms with van der Waals surface area (Å²) in [6, 6.07) is 3.04. The molecule has 7 heteroatoms. The quantitative estimate of drug-likeness (QED) is 0.798. The topological polar surface area (TPSA) is 40.6 Å². The molecular weight excluding hydrogens is 346 g/mol. The van der Waals surface area contributed by atoms with E-state index < -0.39 is 27.4 Å². The number of benzene rings is 1. The Labute approximate surface area is 148 Å². The van der Waals surface area contributed by atoms with Crippen LogP contribution < -0.4 is 0 Å². The van der Waals surface area contributed by atoms with Gasteiger partial charge in [-0.3, -0.25) is 0 Å². The molecule has 1 aliphatic carbocycles. The van der Waals surface area contributed by atoms with Crippen molar-refractivity contribution < 1.29 is 17.2 Å². The van der Waals surface area contributed by atoms with Gasteiger partial charge in [0.25, 0.3) is 0 Å². The second-order valence-electron chi connectivity index (χ2n) is 8.60. The molecule has 0 amide bonds. The summed E-state index contributed by atoms with van der Waals surface area (Å²) < 4.78 is 54.1. The molecule has 0 radical (unpaired) electrons. The third kappa shape index (κ3) is 3.34. The van der Waals surface area contributed by atoms with E-state index in [0.717, 1.165) is 25.1 Å². The molecule has 3 rings (SSSR count). The lowest BCUT2D eigenvalue weighted by Crippen LogP contribution is -2.57. The molecule has 0 N–H and O–H groups in total. The van der Waals surface area contributed by atoms with Crippen LogP contribution in [0.5, 0.6) is 0 Å². The van der Waals surface area contributed by atoms with Gasteiger partial charge in [-0.1, -0.05) is 19.9 Å². The van der Waals surface area contributed by atoms with E-state index >= 15 is 0 Å². The van der Waals surface area contributed by atoms with Crippen molar-refractivity contribution in [2.24, 2.45) is 16.7 Å². The standard InChI is InChI=1S/C18H26F2N2O2S/c1-17(2)10-18(11-21(3)4)12-22(8-16(17)18)25(23,24)9-13-5-6-14(19)7-15(13)20/h5-7,16H,8-12H2,1-4H3/t16-,18+/m1/s1. The van der Waals surface area contributed by atoms with Crippen molar-refractivity contribution in [2.75, 3.05) is 33.7 Å². The Morgan fingerprint density at radius 1 is 1.28 bits per heavy atom. The number of rotatable bonds is 5. The van der Waals surface area contributed by atoms with Crippen LogP contribution in [0.25, 0.3) is 0 Å². The maximum absolute atomic E-state index is 13.9. The molecule has 1 aromatic carbocycles. The van der Waals surface area contributed by atoms with E-state index in [2.05, 4.69) is 18.7 Å². The van der Waals surface area contributed by atoms with Gasteiger partial charge in [-0.15, -0.1) is 0 Å². The van der Waals surface area contributed by atoms with E-state index in [9.17, 15) is 17.2 Å². The lowest BCUT2D eigenvalue weighted by atomic mass is 9.48. The van der Waals surface area contributed by atoms with E-state index in [0.29, 0.717) is 19.0 Å². The Morgan fingerprint density at radius 2 is 1.96 bits per heavy atom. The molecule has 1 aromatic rings. The first-order chi connectivity index (χ1) is 11.5. The van der Waals surface area contributed by atoms with Crippen LogP contribution in [0.1, 0.15) is 25.8 Å². The van der Waals surface area contributed by atoms with Crippen LogP contribution in [0.2, 0.25) is 0 Å². The number of nitrogens with zero attached hydrogens (tertiary/aromatic N) is 2. The molecule has 0 spiro atoms. The summed E-state index contributed by atoms with van der Waals surface area (Å²) in [7, 11) is 0.358. The molecule has 2 atom stereocenters. The first-order valence-corrected chi connectivity index (χ1v) is 10.1. The molecule has 2 fully saturated rings. The molecular formula is C18H26F2N2O2S. The molecule has 1 heterocycles. The third-order valence-electron chi connectivity index (χ3n) is 5.75. The van der Waals surface area contributed by atoms with Gasteiger partial charge in [0.15, 0.2) is 0 Å². The summed E-state index contributed by atoms with van der Waals surface area (Å²) in [5, 5.41) is 0. The summed E-state index contributed by atoms with van der Waals surface area (Å²) in [6.07, 6.45) is 0.986. The minimum atomic E-state index is -3.65. The van der Waals surface area contributed by atoms with E-state index in [1.165, 1.54) is 10.4 Å². The van der Waals surface area contributed by atoms with Crippen molar-refractivity contribution in [2.45, 2.75) is 26.0 Å². The highest BCUT2D eigenvalue weighted by atomic mass is 32.2. The first kappa shape index (κ1) is 18.7. The predicted octanol–water partition coefficient (Wildman–Crippen LogP) is 2.70. The average molecular weight is 372 g/mol. The minimum absolute atomic E-state index is 0.0153. The largest absolute Gasteiger partial charge is 0.309 e. The van der Waals surface area contributed by atoms with Gasteiger partial charge < -0.3 is 4.90 Å². The Morgan fingerprint density at radius 3 is 2.52 bits per heavy atom. The van der Waals surface area contributed by atoms with Crippen LogP contribution in [-0.4, -0.2) is 51.4 Å². The van der Waals surface area contributed by atoms with Crippen LogP contribution in [0, 0.1) is 28.4 Å². The number of hydrogen-bond acceptors (Lipinski definition) is 3. The van der Waals surface area contributed by atoms with Crippen LogP contribution in [-0.2, 0) is 15.8 Å². The normalized spacial score (nSPS) is 28.8. The Hall–Kier alpha value is -1.05. The maximum Gasteiger partial charge on any atom is 0.218 e. The third-order valence-corrected chi connectivity index (χ3v) is 7.49. The van der Waals surface area contributed by atoms with Gasteiger partial charge in [0.1, 0.15) is 11.6 Å². The zero-order chi connectivity index (χ0) is 18.6. The van der Waals surface area contributed by atoms with Gasteiger partial charge in [-0.25, -0.2) is 21.5 Å². The highest BCUT2D eigenvalue weighted by Gasteiger charge is 2.64. The van der Waals surface area contributed by atoms with Crippen molar-refractivity contribution in [1.82, 2.24) is 9.21 Å². The van der Waals surface area contributed by atoms with Gasteiger partial charge in [0.2, 0.25) is 10.0 Å². The molecule has 0 aromatic heterocycles. The van der Waals surface area contributed by atoms with Gasteiger partial charge in [-0.05, 0) is 37.9 Å². The second-order valence-corrected chi connectivity index (χ2v) is 10.6.